The Balaban J connectivity index is 2.31. The van der Waals surface area contributed by atoms with Crippen molar-refractivity contribution in [3.8, 4) is 11.6 Å². The van der Waals surface area contributed by atoms with Crippen molar-refractivity contribution in [3.63, 3.8) is 0 Å². The third kappa shape index (κ3) is 2.64. The summed E-state index contributed by atoms with van der Waals surface area (Å²) in [6.45, 7) is 3.40. The van der Waals surface area contributed by atoms with Crippen LogP contribution in [-0.2, 0) is 0 Å². The van der Waals surface area contributed by atoms with E-state index in [0.717, 1.165) is 0 Å². The number of aromatic nitrogens is 2. The minimum absolute atomic E-state index is 0.0427. The molecule has 0 saturated carbocycles. The molecule has 20 heavy (non-hydrogen) atoms. The number of nitrogen functional groups attached to an aromatic ring is 1. The summed E-state index contributed by atoms with van der Waals surface area (Å²) in [4.78, 5) is 18.3. The monoisotopic (exact) mass is 275 g/mol. The molecule has 0 atom stereocenters. The van der Waals surface area contributed by atoms with Gasteiger partial charge in [-0.05, 0) is 26.0 Å². The van der Waals surface area contributed by atoms with Gasteiger partial charge in [0, 0.05) is 11.6 Å². The van der Waals surface area contributed by atoms with Crippen LogP contribution in [0.15, 0.2) is 24.5 Å². The molecule has 2 aromatic rings. The normalized spacial score (nSPS) is 10.2. The van der Waals surface area contributed by atoms with E-state index in [2.05, 4.69) is 15.4 Å². The van der Waals surface area contributed by atoms with Crippen molar-refractivity contribution in [3.05, 3.63) is 45.8 Å². The van der Waals surface area contributed by atoms with Gasteiger partial charge in [0.2, 0.25) is 5.88 Å². The lowest BCUT2D eigenvalue weighted by Crippen LogP contribution is -2.11. The van der Waals surface area contributed by atoms with Crippen LogP contribution < -0.4 is 16.0 Å². The number of nitrogens with zero attached hydrogens (tertiary/aromatic N) is 3. The Kier molecular flexibility index (Phi) is 3.76. The summed E-state index contributed by atoms with van der Waals surface area (Å²) in [6, 6.07) is 4.49. The van der Waals surface area contributed by atoms with Crippen molar-refractivity contribution in [1.29, 1.82) is 0 Å². The van der Waals surface area contributed by atoms with E-state index in [1.165, 1.54) is 18.5 Å². The SMILES string of the molecule is Cc1cc(Oc2ncnc(NN)c2C)ccc1[N+](=O)[O-]. The second kappa shape index (κ2) is 5.49. The Bertz CT molecular complexity index is 660. The van der Waals surface area contributed by atoms with Crippen molar-refractivity contribution < 1.29 is 9.66 Å². The first-order valence-corrected chi connectivity index (χ1v) is 5.74. The molecule has 1 heterocycles. The second-order valence-electron chi connectivity index (χ2n) is 4.10. The van der Waals surface area contributed by atoms with E-state index >= 15 is 0 Å². The molecule has 1 aromatic carbocycles. The molecule has 0 fully saturated rings. The van der Waals surface area contributed by atoms with Gasteiger partial charge in [-0.25, -0.2) is 15.8 Å². The Morgan fingerprint density at radius 2 is 2.10 bits per heavy atom. The number of aryl methyl sites for hydroxylation is 1. The molecule has 0 aliphatic rings. The molecule has 0 amide bonds. The zero-order valence-corrected chi connectivity index (χ0v) is 11.0. The molecule has 0 aliphatic heterocycles. The van der Waals surface area contributed by atoms with Gasteiger partial charge in [-0.15, -0.1) is 0 Å². The lowest BCUT2D eigenvalue weighted by molar-refractivity contribution is -0.385. The molecule has 8 nitrogen and oxygen atoms in total. The Hall–Kier alpha value is -2.74. The highest BCUT2D eigenvalue weighted by Gasteiger charge is 2.13. The fourth-order valence-electron chi connectivity index (χ4n) is 1.69. The van der Waals surface area contributed by atoms with Crippen LogP contribution in [-0.4, -0.2) is 14.9 Å². The zero-order valence-electron chi connectivity index (χ0n) is 11.0. The Morgan fingerprint density at radius 1 is 1.35 bits per heavy atom. The van der Waals surface area contributed by atoms with Gasteiger partial charge in [-0.1, -0.05) is 0 Å². The van der Waals surface area contributed by atoms with Gasteiger partial charge < -0.3 is 10.2 Å². The number of nitrogens with two attached hydrogens (primary N) is 1. The third-order valence-corrected chi connectivity index (χ3v) is 2.75. The van der Waals surface area contributed by atoms with Gasteiger partial charge in [0.1, 0.15) is 17.9 Å². The Morgan fingerprint density at radius 3 is 2.70 bits per heavy atom. The van der Waals surface area contributed by atoms with Crippen LogP contribution in [0.1, 0.15) is 11.1 Å². The number of benzene rings is 1. The standard InChI is InChI=1S/C12H13N5O3/c1-7-5-9(3-4-10(7)17(18)19)20-12-8(2)11(16-13)14-6-15-12/h3-6H,13H2,1-2H3,(H,14,15,16). The summed E-state index contributed by atoms with van der Waals surface area (Å²) < 4.78 is 5.60. The maximum atomic E-state index is 10.8. The highest BCUT2D eigenvalue weighted by Crippen LogP contribution is 2.29. The maximum absolute atomic E-state index is 10.8. The van der Waals surface area contributed by atoms with Crippen molar-refractivity contribution in [2.45, 2.75) is 13.8 Å². The number of ether oxygens (including phenoxy) is 1. The number of hydrogen-bond donors (Lipinski definition) is 2. The van der Waals surface area contributed by atoms with E-state index in [4.69, 9.17) is 10.6 Å². The van der Waals surface area contributed by atoms with Gasteiger partial charge in [0.25, 0.3) is 5.69 Å². The van der Waals surface area contributed by atoms with Crippen LogP contribution in [0.3, 0.4) is 0 Å². The first-order valence-electron chi connectivity index (χ1n) is 5.74. The molecule has 0 aliphatic carbocycles. The first kappa shape index (κ1) is 13.7. The summed E-state index contributed by atoms with van der Waals surface area (Å²) in [5, 5.41) is 10.8. The molecule has 2 rings (SSSR count). The molecule has 8 heteroatoms. The van der Waals surface area contributed by atoms with Crippen LogP contribution >= 0.6 is 0 Å². The lowest BCUT2D eigenvalue weighted by atomic mass is 10.2. The minimum atomic E-state index is -0.439. The second-order valence-corrected chi connectivity index (χ2v) is 4.10. The number of anilines is 1. The molecule has 0 radical (unpaired) electrons. The van der Waals surface area contributed by atoms with E-state index < -0.39 is 4.92 Å². The molecular weight excluding hydrogens is 262 g/mol. The highest BCUT2D eigenvalue weighted by atomic mass is 16.6. The summed E-state index contributed by atoms with van der Waals surface area (Å²) in [5.74, 6) is 6.56. The number of nitro benzene ring substituents is 1. The maximum Gasteiger partial charge on any atom is 0.272 e. The van der Waals surface area contributed by atoms with Gasteiger partial charge in [-0.3, -0.25) is 10.1 Å². The summed E-state index contributed by atoms with van der Waals surface area (Å²) in [5.41, 5.74) is 3.63. The van der Waals surface area contributed by atoms with Gasteiger partial charge in [-0.2, -0.15) is 0 Å². The minimum Gasteiger partial charge on any atom is -0.439 e. The van der Waals surface area contributed by atoms with Crippen molar-refractivity contribution in [1.82, 2.24) is 9.97 Å². The number of hydrogen-bond acceptors (Lipinski definition) is 7. The van der Waals surface area contributed by atoms with Crippen LogP contribution in [0.2, 0.25) is 0 Å². The van der Waals surface area contributed by atoms with Crippen LogP contribution in [0.5, 0.6) is 11.6 Å². The Labute approximate surface area is 114 Å². The van der Waals surface area contributed by atoms with E-state index in [9.17, 15) is 10.1 Å². The molecule has 0 unspecified atom stereocenters. The van der Waals surface area contributed by atoms with Crippen molar-refractivity contribution in [2.24, 2.45) is 5.84 Å². The van der Waals surface area contributed by atoms with Crippen LogP contribution in [0.4, 0.5) is 11.5 Å². The molecule has 0 bridgehead atoms. The topological polar surface area (TPSA) is 116 Å². The third-order valence-electron chi connectivity index (χ3n) is 2.75. The molecule has 1 aromatic heterocycles. The lowest BCUT2D eigenvalue weighted by Gasteiger charge is -2.10. The van der Waals surface area contributed by atoms with E-state index in [0.29, 0.717) is 28.6 Å². The van der Waals surface area contributed by atoms with Gasteiger partial charge >= 0.3 is 0 Å². The van der Waals surface area contributed by atoms with E-state index in [1.54, 1.807) is 19.9 Å². The van der Waals surface area contributed by atoms with Gasteiger partial charge in [0.15, 0.2) is 0 Å². The smallest absolute Gasteiger partial charge is 0.272 e. The molecular formula is C12H13N5O3. The fraction of sp³-hybridized carbons (Fsp3) is 0.167. The average Bonchev–Trinajstić information content (AvgIpc) is 2.41. The predicted molar refractivity (Wildman–Crippen MR) is 72.5 cm³/mol. The number of hydrazine groups is 1. The molecule has 104 valence electrons. The molecule has 0 spiro atoms. The van der Waals surface area contributed by atoms with E-state index in [1.807, 2.05) is 0 Å². The highest BCUT2D eigenvalue weighted by molar-refractivity contribution is 5.49. The average molecular weight is 275 g/mol. The van der Waals surface area contributed by atoms with Crippen LogP contribution in [0, 0.1) is 24.0 Å². The van der Waals surface area contributed by atoms with Crippen molar-refractivity contribution in [2.75, 3.05) is 5.43 Å². The largest absolute Gasteiger partial charge is 0.439 e. The molecule has 3 N–H and O–H groups in total. The summed E-state index contributed by atoms with van der Waals surface area (Å²) in [7, 11) is 0. The number of nitro groups is 1. The van der Waals surface area contributed by atoms with Crippen LogP contribution in [0.25, 0.3) is 0 Å². The summed E-state index contributed by atoms with van der Waals surface area (Å²) >= 11 is 0. The quantitative estimate of drug-likeness (QED) is 0.498. The summed E-state index contributed by atoms with van der Waals surface area (Å²) in [6.07, 6.45) is 1.32. The molecule has 0 saturated heterocycles. The van der Waals surface area contributed by atoms with Crippen molar-refractivity contribution >= 4 is 11.5 Å². The number of rotatable bonds is 4. The van der Waals surface area contributed by atoms with Gasteiger partial charge in [0.05, 0.1) is 10.5 Å². The zero-order chi connectivity index (χ0) is 14.7. The fourth-order valence-corrected chi connectivity index (χ4v) is 1.69. The van der Waals surface area contributed by atoms with E-state index in [-0.39, 0.29) is 5.69 Å². The number of nitrogens with one attached hydrogen (secondary N) is 1. The predicted octanol–water partition coefficient (Wildman–Crippen LogP) is 2.08. The first-order chi connectivity index (χ1) is 9.52.